The van der Waals surface area contributed by atoms with E-state index in [9.17, 15) is 9.90 Å². The van der Waals surface area contributed by atoms with Crippen LogP contribution in [0.1, 0.15) is 18.9 Å². The molecule has 0 bridgehead atoms. The van der Waals surface area contributed by atoms with E-state index in [0.717, 1.165) is 0 Å². The van der Waals surface area contributed by atoms with Crippen LogP contribution >= 0.6 is 27.5 Å². The van der Waals surface area contributed by atoms with E-state index in [4.69, 9.17) is 11.6 Å². The Morgan fingerprint density at radius 3 is 2.40 bits per heavy atom. The molecule has 82 valence electrons. The summed E-state index contributed by atoms with van der Waals surface area (Å²) in [4.78, 5) is 11.1. The zero-order valence-corrected chi connectivity index (χ0v) is 10.7. The predicted octanol–water partition coefficient (Wildman–Crippen LogP) is 2.90. The second kappa shape index (κ2) is 5.10. The van der Waals surface area contributed by atoms with Crippen LogP contribution in [-0.4, -0.2) is 16.2 Å². The molecule has 4 heteroatoms. The van der Waals surface area contributed by atoms with Crippen LogP contribution in [0.25, 0.3) is 0 Å². The molecule has 2 nitrogen and oxygen atoms in total. The number of ketones is 1. The number of benzene rings is 1. The highest BCUT2D eigenvalue weighted by Crippen LogP contribution is 2.28. The summed E-state index contributed by atoms with van der Waals surface area (Å²) >= 11 is 8.97. The van der Waals surface area contributed by atoms with Gasteiger partial charge in [0.1, 0.15) is 11.4 Å². The monoisotopic (exact) mass is 290 g/mol. The van der Waals surface area contributed by atoms with Gasteiger partial charge in [-0.3, -0.25) is 4.79 Å². The van der Waals surface area contributed by atoms with Crippen LogP contribution in [0.4, 0.5) is 0 Å². The summed E-state index contributed by atoms with van der Waals surface area (Å²) in [6.45, 7) is 1.46. The van der Waals surface area contributed by atoms with Crippen molar-refractivity contribution >= 4 is 33.3 Å². The first-order chi connectivity index (χ1) is 6.98. The van der Waals surface area contributed by atoms with E-state index < -0.39 is 5.60 Å². The van der Waals surface area contributed by atoms with Gasteiger partial charge < -0.3 is 5.11 Å². The largest absolute Gasteiger partial charge is 0.384 e. The number of rotatable bonds is 4. The highest BCUT2D eigenvalue weighted by molar-refractivity contribution is 9.09. The quantitative estimate of drug-likeness (QED) is 0.866. The molecule has 0 radical (unpaired) electrons. The summed E-state index contributed by atoms with van der Waals surface area (Å²) in [6.07, 6.45) is 0.0971. The molecule has 0 aromatic heterocycles. The van der Waals surface area contributed by atoms with E-state index >= 15 is 0 Å². The van der Waals surface area contributed by atoms with Gasteiger partial charge in [0.2, 0.25) is 0 Å². The fourth-order valence-electron chi connectivity index (χ4n) is 1.40. The van der Waals surface area contributed by atoms with Crippen molar-refractivity contribution in [2.24, 2.45) is 0 Å². The van der Waals surface area contributed by atoms with Gasteiger partial charge in [0.15, 0.2) is 0 Å². The highest BCUT2D eigenvalue weighted by Gasteiger charge is 2.29. The average Bonchev–Trinajstić information content (AvgIpc) is 2.17. The molecule has 0 saturated heterocycles. The smallest absolute Gasteiger partial charge is 0.133 e. The Bertz CT molecular complexity index is 350. The average molecular weight is 292 g/mol. The molecule has 0 saturated carbocycles. The van der Waals surface area contributed by atoms with E-state index in [1.54, 1.807) is 24.3 Å². The minimum Gasteiger partial charge on any atom is -0.384 e. The molecule has 1 aromatic rings. The van der Waals surface area contributed by atoms with E-state index in [-0.39, 0.29) is 12.2 Å². The number of Topliss-reactive ketones (excluding diaryl/α,β-unsaturated/α-hetero) is 1. The summed E-state index contributed by atoms with van der Waals surface area (Å²) in [6, 6.07) is 6.86. The molecule has 1 aromatic carbocycles. The Morgan fingerprint density at radius 2 is 2.00 bits per heavy atom. The van der Waals surface area contributed by atoms with E-state index in [0.29, 0.717) is 15.9 Å². The molecule has 0 aliphatic carbocycles. The van der Waals surface area contributed by atoms with Gasteiger partial charge in [0.25, 0.3) is 0 Å². The molecule has 0 aliphatic heterocycles. The summed E-state index contributed by atoms with van der Waals surface area (Å²) in [5, 5.41) is 11.2. The third-order valence-corrected chi connectivity index (χ3v) is 3.32. The van der Waals surface area contributed by atoms with Crippen LogP contribution in [0.15, 0.2) is 24.3 Å². The second-order valence-electron chi connectivity index (χ2n) is 3.55. The Balaban J connectivity index is 3.00. The van der Waals surface area contributed by atoms with Crippen molar-refractivity contribution < 1.29 is 9.90 Å². The zero-order chi connectivity index (χ0) is 11.5. The van der Waals surface area contributed by atoms with Gasteiger partial charge in [0.05, 0.1) is 0 Å². The van der Waals surface area contributed by atoms with Crippen molar-refractivity contribution in [1.29, 1.82) is 0 Å². The van der Waals surface area contributed by atoms with Crippen molar-refractivity contribution in [3.05, 3.63) is 34.9 Å². The van der Waals surface area contributed by atoms with Gasteiger partial charge in [-0.05, 0) is 24.6 Å². The zero-order valence-electron chi connectivity index (χ0n) is 8.34. The minimum atomic E-state index is -1.14. The lowest BCUT2D eigenvalue weighted by atomic mass is 9.91. The molecule has 1 N–H and O–H groups in total. The normalized spacial score (nSPS) is 14.7. The van der Waals surface area contributed by atoms with Crippen molar-refractivity contribution in [2.75, 3.05) is 5.33 Å². The topological polar surface area (TPSA) is 37.3 Å². The number of hydrogen-bond donors (Lipinski definition) is 1. The van der Waals surface area contributed by atoms with Crippen LogP contribution in [0.2, 0.25) is 5.02 Å². The summed E-state index contributed by atoms with van der Waals surface area (Å²) < 4.78 is 0. The first-order valence-corrected chi connectivity index (χ1v) is 6.02. The van der Waals surface area contributed by atoms with E-state index in [1.165, 1.54) is 6.92 Å². The lowest BCUT2D eigenvalue weighted by Gasteiger charge is -2.25. The standard InChI is InChI=1S/C11H12BrClO2/c1-8(14)6-11(15,7-12)9-2-4-10(13)5-3-9/h2-5,15H,6-7H2,1H3. The molecule has 1 unspecified atom stereocenters. The number of halogens is 2. The molecule has 1 atom stereocenters. The third kappa shape index (κ3) is 3.30. The minimum absolute atomic E-state index is 0.0492. The fourth-order valence-corrected chi connectivity index (χ4v) is 2.05. The molecule has 0 fully saturated rings. The lowest BCUT2D eigenvalue weighted by molar-refractivity contribution is -0.121. The molecule has 0 heterocycles. The van der Waals surface area contributed by atoms with Crippen molar-refractivity contribution in [3.8, 4) is 0 Å². The molecule has 0 aliphatic rings. The van der Waals surface area contributed by atoms with Crippen molar-refractivity contribution in [2.45, 2.75) is 18.9 Å². The fraction of sp³-hybridized carbons (Fsp3) is 0.364. The Kier molecular flexibility index (Phi) is 4.32. The number of aliphatic hydroxyl groups is 1. The summed E-state index contributed by atoms with van der Waals surface area (Å²) in [7, 11) is 0. The summed E-state index contributed by atoms with van der Waals surface area (Å²) in [5.41, 5.74) is -0.449. The van der Waals surface area contributed by atoms with Gasteiger partial charge >= 0.3 is 0 Å². The molecular formula is C11H12BrClO2. The van der Waals surface area contributed by atoms with Gasteiger partial charge in [-0.15, -0.1) is 0 Å². The van der Waals surface area contributed by atoms with Crippen LogP contribution in [0.3, 0.4) is 0 Å². The maximum Gasteiger partial charge on any atom is 0.133 e. The van der Waals surface area contributed by atoms with Gasteiger partial charge in [0, 0.05) is 16.8 Å². The molecule has 0 amide bonds. The Hall–Kier alpha value is -0.380. The lowest BCUT2D eigenvalue weighted by Crippen LogP contribution is -2.30. The van der Waals surface area contributed by atoms with Crippen LogP contribution in [0, 0.1) is 0 Å². The Labute approximate surface area is 102 Å². The number of alkyl halides is 1. The van der Waals surface area contributed by atoms with Gasteiger partial charge in [-0.25, -0.2) is 0 Å². The first-order valence-electron chi connectivity index (χ1n) is 4.52. The Morgan fingerprint density at radius 1 is 1.47 bits per heavy atom. The molecule has 1 rings (SSSR count). The third-order valence-electron chi connectivity index (χ3n) is 2.14. The van der Waals surface area contributed by atoms with E-state index in [2.05, 4.69) is 15.9 Å². The van der Waals surface area contributed by atoms with Crippen molar-refractivity contribution in [1.82, 2.24) is 0 Å². The molecule has 0 spiro atoms. The number of carbonyl (C=O) groups excluding carboxylic acids is 1. The van der Waals surface area contributed by atoms with Crippen molar-refractivity contribution in [3.63, 3.8) is 0 Å². The summed E-state index contributed by atoms with van der Waals surface area (Å²) in [5.74, 6) is -0.0492. The second-order valence-corrected chi connectivity index (χ2v) is 4.55. The number of hydrogen-bond acceptors (Lipinski definition) is 2. The van der Waals surface area contributed by atoms with Crippen LogP contribution in [0.5, 0.6) is 0 Å². The maximum atomic E-state index is 11.1. The molecular weight excluding hydrogens is 279 g/mol. The first kappa shape index (κ1) is 12.7. The van der Waals surface area contributed by atoms with E-state index in [1.807, 2.05) is 0 Å². The number of carbonyl (C=O) groups is 1. The van der Waals surface area contributed by atoms with Gasteiger partial charge in [-0.2, -0.15) is 0 Å². The maximum absolute atomic E-state index is 11.1. The SMILES string of the molecule is CC(=O)CC(O)(CBr)c1ccc(Cl)cc1. The van der Waals surface area contributed by atoms with Crippen LogP contribution in [-0.2, 0) is 10.4 Å². The highest BCUT2D eigenvalue weighted by atomic mass is 79.9. The van der Waals surface area contributed by atoms with Crippen LogP contribution < -0.4 is 0 Å². The predicted molar refractivity (Wildman–Crippen MR) is 64.4 cm³/mol. The molecule has 15 heavy (non-hydrogen) atoms. The van der Waals surface area contributed by atoms with Gasteiger partial charge in [-0.1, -0.05) is 39.7 Å².